The third-order valence-corrected chi connectivity index (χ3v) is 9.85. The maximum Gasteiger partial charge on any atom is 0.306 e. The molecule has 0 heterocycles. The van der Waals surface area contributed by atoms with Crippen LogP contribution < -0.4 is 0 Å². The molecule has 0 spiro atoms. The Bertz CT molecular complexity index is 922. The van der Waals surface area contributed by atoms with Gasteiger partial charge in [-0.15, -0.1) is 0 Å². The van der Waals surface area contributed by atoms with Crippen molar-refractivity contribution in [3.8, 4) is 0 Å². The molecule has 6 heteroatoms. The van der Waals surface area contributed by atoms with Crippen molar-refractivity contribution >= 4 is 17.9 Å². The zero-order valence-electron chi connectivity index (χ0n) is 35.7. The summed E-state index contributed by atoms with van der Waals surface area (Å²) in [6.07, 6.45) is 48.4. The van der Waals surface area contributed by atoms with Crippen molar-refractivity contribution in [3.05, 3.63) is 36.5 Å². The van der Waals surface area contributed by atoms with Crippen LogP contribution in [0.3, 0.4) is 0 Å². The van der Waals surface area contributed by atoms with Crippen molar-refractivity contribution in [1.82, 2.24) is 0 Å². The topological polar surface area (TPSA) is 78.9 Å². The number of allylic oxidation sites excluding steroid dienone is 6. The summed E-state index contributed by atoms with van der Waals surface area (Å²) < 4.78 is 16.7. The largest absolute Gasteiger partial charge is 0.462 e. The van der Waals surface area contributed by atoms with Crippen LogP contribution in [0.1, 0.15) is 233 Å². The molecule has 0 amide bonds. The molecule has 0 aliphatic carbocycles. The summed E-state index contributed by atoms with van der Waals surface area (Å²) >= 11 is 0. The summed E-state index contributed by atoms with van der Waals surface area (Å²) in [4.78, 5) is 37.7. The van der Waals surface area contributed by atoms with Crippen LogP contribution in [0.15, 0.2) is 36.5 Å². The van der Waals surface area contributed by atoms with Crippen molar-refractivity contribution in [2.75, 3.05) is 13.2 Å². The first-order valence-corrected chi connectivity index (χ1v) is 23.0. The fourth-order valence-corrected chi connectivity index (χ4v) is 6.34. The molecule has 0 aromatic carbocycles. The number of hydrogen-bond acceptors (Lipinski definition) is 6. The van der Waals surface area contributed by atoms with Crippen molar-refractivity contribution < 1.29 is 28.6 Å². The minimum Gasteiger partial charge on any atom is -0.462 e. The van der Waals surface area contributed by atoms with E-state index in [1.807, 2.05) is 0 Å². The fourth-order valence-electron chi connectivity index (χ4n) is 6.34. The summed E-state index contributed by atoms with van der Waals surface area (Å²) in [6, 6.07) is 0. The number of esters is 3. The smallest absolute Gasteiger partial charge is 0.306 e. The first-order valence-electron chi connectivity index (χ1n) is 23.0. The quantitative estimate of drug-likeness (QED) is 0.0267. The molecule has 0 aliphatic rings. The lowest BCUT2D eigenvalue weighted by atomic mass is 10.0. The third-order valence-electron chi connectivity index (χ3n) is 9.85. The van der Waals surface area contributed by atoms with Gasteiger partial charge in [0.2, 0.25) is 0 Å². The lowest BCUT2D eigenvalue weighted by Crippen LogP contribution is -2.30. The molecule has 0 fully saturated rings. The Balaban J connectivity index is 4.38. The van der Waals surface area contributed by atoms with E-state index in [4.69, 9.17) is 14.2 Å². The highest BCUT2D eigenvalue weighted by atomic mass is 16.6. The van der Waals surface area contributed by atoms with Crippen molar-refractivity contribution in [2.24, 2.45) is 0 Å². The predicted octanol–water partition coefficient (Wildman–Crippen LogP) is 14.6. The van der Waals surface area contributed by atoms with Gasteiger partial charge in [-0.3, -0.25) is 14.4 Å². The lowest BCUT2D eigenvalue weighted by molar-refractivity contribution is -0.167. The van der Waals surface area contributed by atoms with Gasteiger partial charge in [-0.2, -0.15) is 0 Å². The molecule has 6 nitrogen and oxygen atoms in total. The molecule has 0 aliphatic heterocycles. The molecular weight excluding hydrogens is 673 g/mol. The van der Waals surface area contributed by atoms with Gasteiger partial charge in [0, 0.05) is 19.3 Å². The van der Waals surface area contributed by atoms with E-state index >= 15 is 0 Å². The van der Waals surface area contributed by atoms with Gasteiger partial charge in [-0.1, -0.05) is 186 Å². The van der Waals surface area contributed by atoms with Gasteiger partial charge < -0.3 is 14.2 Å². The van der Waals surface area contributed by atoms with Gasteiger partial charge in [-0.25, -0.2) is 0 Å². The van der Waals surface area contributed by atoms with Gasteiger partial charge >= 0.3 is 17.9 Å². The normalized spacial score (nSPS) is 12.3. The average Bonchev–Trinajstić information content (AvgIpc) is 3.17. The van der Waals surface area contributed by atoms with E-state index in [0.717, 1.165) is 89.9 Å². The van der Waals surface area contributed by atoms with Crippen LogP contribution in [0.2, 0.25) is 0 Å². The number of carbonyl (C=O) groups is 3. The minimum absolute atomic E-state index is 0.0794. The Kier molecular flexibility index (Phi) is 41.5. The van der Waals surface area contributed by atoms with Crippen LogP contribution in [0.5, 0.6) is 0 Å². The SMILES string of the molecule is CCC/C=C\CCCCCCCC(=O)OCC(COC(=O)CCCCCCC/C=C\C/C=C\CCCC)OC(=O)CCCCCCCCCCCCCC. The van der Waals surface area contributed by atoms with Crippen molar-refractivity contribution in [2.45, 2.75) is 239 Å². The number of unbranched alkanes of at least 4 members (excludes halogenated alkanes) is 24. The van der Waals surface area contributed by atoms with Gasteiger partial charge in [0.05, 0.1) is 0 Å². The molecule has 1 unspecified atom stereocenters. The molecular formula is C48H86O6. The Labute approximate surface area is 334 Å². The molecule has 0 N–H and O–H groups in total. The summed E-state index contributed by atoms with van der Waals surface area (Å²) in [5.74, 6) is -0.901. The third kappa shape index (κ3) is 40.8. The molecule has 0 aromatic rings. The van der Waals surface area contributed by atoms with E-state index in [1.54, 1.807) is 0 Å². The van der Waals surface area contributed by atoms with Crippen LogP contribution in [0, 0.1) is 0 Å². The Morgan fingerprint density at radius 3 is 1.17 bits per heavy atom. The Morgan fingerprint density at radius 1 is 0.370 bits per heavy atom. The maximum absolute atomic E-state index is 12.7. The van der Waals surface area contributed by atoms with Gasteiger partial charge in [-0.05, 0) is 64.2 Å². The minimum atomic E-state index is -0.775. The average molecular weight is 759 g/mol. The second-order valence-corrected chi connectivity index (χ2v) is 15.3. The van der Waals surface area contributed by atoms with Crippen molar-refractivity contribution in [3.63, 3.8) is 0 Å². The molecule has 0 saturated carbocycles. The standard InChI is InChI=1S/C48H86O6/c1-4-7-10-13-16-19-22-24-25-27-29-32-35-38-41-47(50)53-44-45(43-52-46(49)40-37-34-31-28-21-18-15-12-9-6-3)54-48(51)42-39-36-33-30-26-23-20-17-14-11-8-5-2/h12-13,15-16,22,24,45H,4-11,14,17-21,23,25-44H2,1-3H3/b15-12-,16-13-,24-22-. The maximum atomic E-state index is 12.7. The highest BCUT2D eigenvalue weighted by Crippen LogP contribution is 2.14. The van der Waals surface area contributed by atoms with Gasteiger partial charge in [0.25, 0.3) is 0 Å². The van der Waals surface area contributed by atoms with Crippen LogP contribution in [-0.2, 0) is 28.6 Å². The summed E-state index contributed by atoms with van der Waals surface area (Å²) in [7, 11) is 0. The first kappa shape index (κ1) is 51.6. The molecule has 0 saturated heterocycles. The van der Waals surface area contributed by atoms with Crippen LogP contribution in [-0.4, -0.2) is 37.2 Å². The first-order chi connectivity index (χ1) is 26.5. The van der Waals surface area contributed by atoms with E-state index < -0.39 is 6.10 Å². The number of rotatable bonds is 41. The molecule has 0 aromatic heterocycles. The molecule has 1 atom stereocenters. The number of carbonyl (C=O) groups excluding carboxylic acids is 3. The van der Waals surface area contributed by atoms with E-state index in [9.17, 15) is 14.4 Å². The number of ether oxygens (including phenoxy) is 3. The van der Waals surface area contributed by atoms with Gasteiger partial charge in [0.15, 0.2) is 6.10 Å². The summed E-state index contributed by atoms with van der Waals surface area (Å²) in [5.41, 5.74) is 0. The Hall–Kier alpha value is -2.37. The van der Waals surface area contributed by atoms with E-state index in [-0.39, 0.29) is 31.1 Å². The summed E-state index contributed by atoms with van der Waals surface area (Å²) in [6.45, 7) is 6.51. The number of hydrogen-bond donors (Lipinski definition) is 0. The molecule has 54 heavy (non-hydrogen) atoms. The molecule has 314 valence electrons. The molecule has 0 radical (unpaired) electrons. The second kappa shape index (κ2) is 43.4. The van der Waals surface area contributed by atoms with E-state index in [2.05, 4.69) is 57.2 Å². The second-order valence-electron chi connectivity index (χ2n) is 15.3. The predicted molar refractivity (Wildman–Crippen MR) is 229 cm³/mol. The lowest BCUT2D eigenvalue weighted by Gasteiger charge is -2.18. The van der Waals surface area contributed by atoms with Crippen molar-refractivity contribution in [1.29, 1.82) is 0 Å². The van der Waals surface area contributed by atoms with E-state index in [1.165, 1.54) is 103 Å². The monoisotopic (exact) mass is 759 g/mol. The van der Waals surface area contributed by atoms with E-state index in [0.29, 0.717) is 19.3 Å². The fraction of sp³-hybridized carbons (Fsp3) is 0.812. The van der Waals surface area contributed by atoms with Crippen LogP contribution in [0.25, 0.3) is 0 Å². The Morgan fingerprint density at radius 2 is 0.722 bits per heavy atom. The van der Waals surface area contributed by atoms with Crippen LogP contribution in [0.4, 0.5) is 0 Å². The highest BCUT2D eigenvalue weighted by Gasteiger charge is 2.19. The zero-order chi connectivity index (χ0) is 39.4. The van der Waals surface area contributed by atoms with Crippen LogP contribution >= 0.6 is 0 Å². The summed E-state index contributed by atoms with van der Waals surface area (Å²) in [5, 5.41) is 0. The van der Waals surface area contributed by atoms with Gasteiger partial charge in [0.1, 0.15) is 13.2 Å². The highest BCUT2D eigenvalue weighted by molar-refractivity contribution is 5.71. The molecule has 0 bridgehead atoms. The molecule has 0 rings (SSSR count). The zero-order valence-corrected chi connectivity index (χ0v) is 35.7.